The summed E-state index contributed by atoms with van der Waals surface area (Å²) in [5, 5.41) is 12.3. The van der Waals surface area contributed by atoms with Crippen LogP contribution in [-0.2, 0) is 6.42 Å². The average Bonchev–Trinajstić information content (AvgIpc) is 3.21. The summed E-state index contributed by atoms with van der Waals surface area (Å²) in [5.41, 5.74) is 1.35. The first kappa shape index (κ1) is 14.3. The molecular weight excluding hydrogens is 282 g/mol. The zero-order valence-electron chi connectivity index (χ0n) is 12.0. The second-order valence-electron chi connectivity index (χ2n) is 5.15. The predicted molar refractivity (Wildman–Crippen MR) is 80.5 cm³/mol. The maximum Gasteiger partial charge on any atom is 0.252 e. The van der Waals surface area contributed by atoms with Crippen molar-refractivity contribution in [3.63, 3.8) is 0 Å². The summed E-state index contributed by atoms with van der Waals surface area (Å²) in [7, 11) is 0. The van der Waals surface area contributed by atoms with Gasteiger partial charge in [-0.05, 0) is 24.3 Å². The summed E-state index contributed by atoms with van der Waals surface area (Å²) in [6, 6.07) is 7.19. The number of pyridine rings is 1. The van der Waals surface area contributed by atoms with Crippen molar-refractivity contribution < 1.29 is 14.3 Å². The fraction of sp³-hybridized carbons (Fsp3) is 0.250. The molecule has 114 valence electrons. The van der Waals surface area contributed by atoms with Crippen LogP contribution in [0.4, 0.5) is 0 Å². The maximum absolute atomic E-state index is 12.2. The average molecular weight is 299 g/mol. The topological polar surface area (TPSA) is 79.8 Å². The molecule has 0 fully saturated rings. The number of hydrogen-bond donors (Lipinski definition) is 2. The molecule has 0 aliphatic carbocycles. The summed E-state index contributed by atoms with van der Waals surface area (Å²) in [4.78, 5) is 16.3. The molecule has 6 heteroatoms. The largest absolute Gasteiger partial charge is 0.469 e. The fourth-order valence-corrected chi connectivity index (χ4v) is 2.31. The lowest BCUT2D eigenvalue weighted by molar-refractivity contribution is 0.0938. The van der Waals surface area contributed by atoms with Crippen molar-refractivity contribution in [2.24, 2.45) is 5.92 Å². The smallest absolute Gasteiger partial charge is 0.252 e. The zero-order chi connectivity index (χ0) is 15.4. The van der Waals surface area contributed by atoms with Crippen molar-refractivity contribution in [1.82, 2.24) is 14.7 Å². The van der Waals surface area contributed by atoms with Gasteiger partial charge in [0.15, 0.2) is 0 Å². The first-order chi connectivity index (χ1) is 10.8. The number of rotatable bonds is 6. The standard InChI is InChI=1S/C16H17N3O3/c20-11-12(8-14-2-1-7-22-14)9-18-16(21)13-3-4-15-17-5-6-19(15)10-13/h1-7,10,12,20H,8-9,11H2,(H,18,21). The lowest BCUT2D eigenvalue weighted by atomic mass is 10.0. The molecule has 2 N–H and O–H groups in total. The van der Waals surface area contributed by atoms with Gasteiger partial charge in [-0.15, -0.1) is 0 Å². The molecule has 0 aliphatic rings. The van der Waals surface area contributed by atoms with Crippen LogP contribution in [0, 0.1) is 5.92 Å². The Morgan fingerprint density at radius 1 is 1.41 bits per heavy atom. The van der Waals surface area contributed by atoms with Crippen molar-refractivity contribution in [3.8, 4) is 0 Å². The Hall–Kier alpha value is -2.60. The van der Waals surface area contributed by atoms with Crippen LogP contribution in [0.5, 0.6) is 0 Å². The van der Waals surface area contributed by atoms with E-state index in [9.17, 15) is 9.90 Å². The second-order valence-corrected chi connectivity index (χ2v) is 5.15. The summed E-state index contributed by atoms with van der Waals surface area (Å²) < 4.78 is 7.06. The number of nitrogens with one attached hydrogen (secondary N) is 1. The summed E-state index contributed by atoms with van der Waals surface area (Å²) in [5.74, 6) is 0.550. The first-order valence-corrected chi connectivity index (χ1v) is 7.10. The molecule has 0 aliphatic heterocycles. The Bertz CT molecular complexity index is 749. The molecule has 0 radical (unpaired) electrons. The number of aromatic nitrogens is 2. The van der Waals surface area contributed by atoms with Gasteiger partial charge in [-0.3, -0.25) is 4.79 Å². The van der Waals surface area contributed by atoms with Gasteiger partial charge in [-0.25, -0.2) is 4.98 Å². The normalized spacial score (nSPS) is 12.4. The monoisotopic (exact) mass is 299 g/mol. The highest BCUT2D eigenvalue weighted by molar-refractivity contribution is 5.94. The van der Waals surface area contributed by atoms with E-state index in [0.717, 1.165) is 11.4 Å². The third kappa shape index (κ3) is 3.17. The Morgan fingerprint density at radius 2 is 2.32 bits per heavy atom. The van der Waals surface area contributed by atoms with Crippen LogP contribution in [0.15, 0.2) is 53.5 Å². The van der Waals surface area contributed by atoms with E-state index in [0.29, 0.717) is 18.5 Å². The molecule has 1 unspecified atom stereocenters. The van der Waals surface area contributed by atoms with Crippen molar-refractivity contribution in [2.45, 2.75) is 6.42 Å². The lowest BCUT2D eigenvalue weighted by Gasteiger charge is -2.14. The lowest BCUT2D eigenvalue weighted by Crippen LogP contribution is -2.31. The van der Waals surface area contributed by atoms with E-state index >= 15 is 0 Å². The summed E-state index contributed by atoms with van der Waals surface area (Å²) in [6.45, 7) is 0.375. The number of aliphatic hydroxyl groups is 1. The molecule has 0 bridgehead atoms. The van der Waals surface area contributed by atoms with Gasteiger partial charge < -0.3 is 19.2 Å². The molecule has 3 aromatic rings. The molecule has 6 nitrogen and oxygen atoms in total. The highest BCUT2D eigenvalue weighted by atomic mass is 16.3. The highest BCUT2D eigenvalue weighted by Gasteiger charge is 2.13. The van der Waals surface area contributed by atoms with Crippen LogP contribution in [0.1, 0.15) is 16.1 Å². The number of nitrogens with zero attached hydrogens (tertiary/aromatic N) is 2. The third-order valence-corrected chi connectivity index (χ3v) is 3.53. The highest BCUT2D eigenvalue weighted by Crippen LogP contribution is 2.09. The van der Waals surface area contributed by atoms with Crippen LogP contribution < -0.4 is 5.32 Å². The van der Waals surface area contributed by atoms with Crippen molar-refractivity contribution >= 4 is 11.6 Å². The maximum atomic E-state index is 12.2. The third-order valence-electron chi connectivity index (χ3n) is 3.53. The first-order valence-electron chi connectivity index (χ1n) is 7.10. The SMILES string of the molecule is O=C(NCC(CO)Cc1ccco1)c1ccc2nccn2c1. The number of furan rings is 1. The summed E-state index contributed by atoms with van der Waals surface area (Å²) in [6.07, 6.45) is 7.40. The quantitative estimate of drug-likeness (QED) is 0.723. The van der Waals surface area contributed by atoms with E-state index in [4.69, 9.17) is 4.42 Å². The Balaban J connectivity index is 1.60. The van der Waals surface area contributed by atoms with Gasteiger partial charge in [0.25, 0.3) is 5.91 Å². The number of fused-ring (bicyclic) bond motifs is 1. The minimum absolute atomic E-state index is 0.0124. The molecule has 0 spiro atoms. The fourth-order valence-electron chi connectivity index (χ4n) is 2.31. The van der Waals surface area contributed by atoms with Crippen LogP contribution in [0.3, 0.4) is 0 Å². The summed E-state index contributed by atoms with van der Waals surface area (Å²) >= 11 is 0. The second kappa shape index (κ2) is 6.44. The predicted octanol–water partition coefficient (Wildman–Crippen LogP) is 1.51. The number of aliphatic hydroxyl groups excluding tert-OH is 1. The van der Waals surface area contributed by atoms with Crippen LogP contribution in [-0.4, -0.2) is 33.6 Å². The number of hydrogen-bond acceptors (Lipinski definition) is 4. The van der Waals surface area contributed by atoms with Crippen molar-refractivity contribution in [1.29, 1.82) is 0 Å². The molecule has 1 atom stereocenters. The number of amides is 1. The number of carbonyl (C=O) groups is 1. The molecule has 0 saturated heterocycles. The molecular formula is C16H17N3O3. The van der Waals surface area contributed by atoms with E-state index in [1.807, 2.05) is 12.1 Å². The van der Waals surface area contributed by atoms with Crippen LogP contribution in [0.2, 0.25) is 0 Å². The van der Waals surface area contributed by atoms with E-state index in [2.05, 4.69) is 10.3 Å². The van der Waals surface area contributed by atoms with E-state index in [1.54, 1.807) is 41.4 Å². The van der Waals surface area contributed by atoms with E-state index < -0.39 is 0 Å². The van der Waals surface area contributed by atoms with Crippen molar-refractivity contribution in [3.05, 3.63) is 60.4 Å². The van der Waals surface area contributed by atoms with Gasteiger partial charge in [0.05, 0.1) is 11.8 Å². The van der Waals surface area contributed by atoms with Gasteiger partial charge in [0.1, 0.15) is 11.4 Å². The molecule has 0 aromatic carbocycles. The Kier molecular flexibility index (Phi) is 4.20. The van der Waals surface area contributed by atoms with Crippen LogP contribution >= 0.6 is 0 Å². The molecule has 0 saturated carbocycles. The zero-order valence-corrected chi connectivity index (χ0v) is 12.0. The van der Waals surface area contributed by atoms with Gasteiger partial charge >= 0.3 is 0 Å². The molecule has 3 rings (SSSR count). The minimum atomic E-state index is -0.173. The Morgan fingerprint density at radius 3 is 3.09 bits per heavy atom. The molecule has 3 heterocycles. The number of imidazole rings is 1. The van der Waals surface area contributed by atoms with Gasteiger partial charge in [0.2, 0.25) is 0 Å². The van der Waals surface area contributed by atoms with E-state index in [1.165, 1.54) is 0 Å². The van der Waals surface area contributed by atoms with Gasteiger partial charge in [-0.2, -0.15) is 0 Å². The minimum Gasteiger partial charge on any atom is -0.469 e. The molecule has 1 amide bonds. The van der Waals surface area contributed by atoms with E-state index in [-0.39, 0.29) is 18.4 Å². The van der Waals surface area contributed by atoms with Crippen LogP contribution in [0.25, 0.3) is 5.65 Å². The van der Waals surface area contributed by atoms with Crippen molar-refractivity contribution in [2.75, 3.05) is 13.2 Å². The number of carbonyl (C=O) groups excluding carboxylic acids is 1. The van der Waals surface area contributed by atoms with Gasteiger partial charge in [0, 0.05) is 44.1 Å². The molecule has 22 heavy (non-hydrogen) atoms. The van der Waals surface area contributed by atoms with Gasteiger partial charge in [-0.1, -0.05) is 0 Å². The molecule has 3 aromatic heterocycles. The Labute approximate surface area is 127 Å².